The lowest BCUT2D eigenvalue weighted by atomic mass is 10.4. The molecule has 0 saturated heterocycles. The highest BCUT2D eigenvalue weighted by atomic mass is 127. The maximum atomic E-state index is 12.2. The number of thiazole rings is 1. The van der Waals surface area contributed by atoms with Crippen molar-refractivity contribution >= 4 is 74.2 Å². The molecule has 0 aliphatic carbocycles. The summed E-state index contributed by atoms with van der Waals surface area (Å²) in [6, 6.07) is 3.06. The van der Waals surface area contributed by atoms with Crippen LogP contribution in [0.2, 0.25) is 4.34 Å². The Kier molecular flexibility index (Phi) is 10.5. The largest absolute Gasteiger partial charge is 0.357 e. The van der Waals surface area contributed by atoms with Gasteiger partial charge < -0.3 is 10.2 Å². The van der Waals surface area contributed by atoms with Crippen molar-refractivity contribution in [3.05, 3.63) is 32.6 Å². The van der Waals surface area contributed by atoms with Crippen molar-refractivity contribution in [1.82, 2.24) is 19.9 Å². The lowest BCUT2D eigenvalue weighted by Crippen LogP contribution is -2.39. The summed E-state index contributed by atoms with van der Waals surface area (Å²) in [5.74, 6) is 0.705. The van der Waals surface area contributed by atoms with Crippen LogP contribution >= 0.6 is 58.3 Å². The van der Waals surface area contributed by atoms with Crippen molar-refractivity contribution in [2.24, 2.45) is 4.99 Å². The van der Waals surface area contributed by atoms with Gasteiger partial charge in [-0.2, -0.15) is 0 Å². The number of sulfonamides is 1. The molecular formula is C15H23ClIN5O2S3. The van der Waals surface area contributed by atoms with Crippen LogP contribution in [-0.2, 0) is 16.6 Å². The maximum absolute atomic E-state index is 12.2. The number of nitrogens with one attached hydrogen (secondary N) is 2. The van der Waals surface area contributed by atoms with Gasteiger partial charge in [0.25, 0.3) is 0 Å². The molecule has 2 aromatic heterocycles. The van der Waals surface area contributed by atoms with Crippen LogP contribution in [0.1, 0.15) is 17.6 Å². The van der Waals surface area contributed by atoms with Crippen molar-refractivity contribution in [3.8, 4) is 0 Å². The number of hydrogen-bond donors (Lipinski definition) is 2. The summed E-state index contributed by atoms with van der Waals surface area (Å²) in [6.07, 6.45) is 0. The van der Waals surface area contributed by atoms with E-state index in [4.69, 9.17) is 11.6 Å². The minimum Gasteiger partial charge on any atom is -0.357 e. The van der Waals surface area contributed by atoms with Gasteiger partial charge in [0.1, 0.15) is 4.21 Å². The molecule has 2 N–H and O–H groups in total. The van der Waals surface area contributed by atoms with E-state index in [1.807, 2.05) is 31.2 Å². The first-order chi connectivity index (χ1) is 12.3. The van der Waals surface area contributed by atoms with E-state index in [1.165, 1.54) is 6.07 Å². The zero-order valence-corrected chi connectivity index (χ0v) is 20.8. The van der Waals surface area contributed by atoms with Crippen LogP contribution in [0.4, 0.5) is 0 Å². The quantitative estimate of drug-likeness (QED) is 0.223. The number of aromatic nitrogens is 1. The fraction of sp³-hybridized carbons (Fsp3) is 0.467. The van der Waals surface area contributed by atoms with E-state index in [0.29, 0.717) is 23.4 Å². The van der Waals surface area contributed by atoms with Gasteiger partial charge in [-0.25, -0.2) is 18.1 Å². The van der Waals surface area contributed by atoms with Crippen LogP contribution in [-0.4, -0.2) is 50.9 Å². The number of guanidine groups is 1. The number of aryl methyl sites for hydroxylation is 1. The van der Waals surface area contributed by atoms with Gasteiger partial charge in [0.15, 0.2) is 5.96 Å². The Morgan fingerprint density at radius 1 is 1.41 bits per heavy atom. The molecule has 0 aromatic carbocycles. The minimum atomic E-state index is -3.54. The van der Waals surface area contributed by atoms with E-state index < -0.39 is 10.0 Å². The molecule has 2 rings (SSSR count). The zero-order chi connectivity index (χ0) is 19.2. The molecule has 0 atom stereocenters. The second-order valence-electron chi connectivity index (χ2n) is 5.41. The van der Waals surface area contributed by atoms with Crippen LogP contribution in [0.5, 0.6) is 0 Å². The van der Waals surface area contributed by atoms with Gasteiger partial charge in [0, 0.05) is 25.5 Å². The molecule has 0 amide bonds. The molecule has 12 heteroatoms. The fourth-order valence-corrected chi connectivity index (χ4v) is 5.28. The van der Waals surface area contributed by atoms with E-state index >= 15 is 0 Å². The molecule has 0 aliphatic heterocycles. The number of thiophene rings is 1. The molecule has 0 saturated carbocycles. The number of nitrogens with zero attached hydrogens (tertiary/aromatic N) is 3. The van der Waals surface area contributed by atoms with E-state index in [2.05, 4.69) is 20.0 Å². The summed E-state index contributed by atoms with van der Waals surface area (Å²) in [5, 5.41) is 6.25. The van der Waals surface area contributed by atoms with Gasteiger partial charge in [-0.1, -0.05) is 11.6 Å². The minimum absolute atomic E-state index is 0. The molecule has 0 unspecified atom stereocenters. The second-order valence-corrected chi connectivity index (χ2v) is 10.2. The Morgan fingerprint density at radius 2 is 2.15 bits per heavy atom. The topological polar surface area (TPSA) is 86.7 Å². The number of rotatable bonds is 8. The third-order valence-corrected chi connectivity index (χ3v) is 7.25. The lowest BCUT2D eigenvalue weighted by molar-refractivity contribution is 0.471. The molecular weight excluding hydrogens is 541 g/mol. The molecule has 0 radical (unpaired) electrons. The van der Waals surface area contributed by atoms with Crippen LogP contribution in [0.25, 0.3) is 0 Å². The van der Waals surface area contributed by atoms with E-state index in [9.17, 15) is 8.42 Å². The standard InChI is InChI=1S/C15H22ClN5O2S3.HI/c1-4-17-15(21(3)9-12-10-24-11(2)20-12)18-7-8-19-26(22,23)14-6-5-13(16)25-14;/h5-6,10,19H,4,7-9H2,1-3H3,(H,17,18);1H. The Labute approximate surface area is 190 Å². The molecule has 0 spiro atoms. The first-order valence-corrected chi connectivity index (χ1v) is 11.5. The Balaban J connectivity index is 0.00000364. The van der Waals surface area contributed by atoms with Gasteiger partial charge in [0.05, 0.1) is 28.1 Å². The molecule has 7 nitrogen and oxygen atoms in total. The van der Waals surface area contributed by atoms with Crippen LogP contribution < -0.4 is 10.0 Å². The predicted octanol–water partition coefficient (Wildman–Crippen LogP) is 3.16. The summed E-state index contributed by atoms with van der Waals surface area (Å²) in [7, 11) is -1.62. The molecule has 0 aliphatic rings. The SMILES string of the molecule is CCNC(=NCCNS(=O)(=O)c1ccc(Cl)s1)N(C)Cc1csc(C)n1.I. The smallest absolute Gasteiger partial charge is 0.250 e. The fourth-order valence-electron chi connectivity index (χ4n) is 2.12. The maximum Gasteiger partial charge on any atom is 0.250 e. The van der Waals surface area contributed by atoms with E-state index in [0.717, 1.165) is 28.6 Å². The molecule has 2 heterocycles. The number of halogens is 2. The van der Waals surface area contributed by atoms with E-state index in [-0.39, 0.29) is 34.7 Å². The Hall–Kier alpha value is -0.470. The average Bonchev–Trinajstić information content (AvgIpc) is 3.19. The van der Waals surface area contributed by atoms with Crippen molar-refractivity contribution in [1.29, 1.82) is 0 Å². The normalized spacial score (nSPS) is 11.9. The third-order valence-electron chi connectivity index (χ3n) is 3.24. The van der Waals surface area contributed by atoms with Crippen LogP contribution in [0, 0.1) is 6.92 Å². The Morgan fingerprint density at radius 3 is 2.70 bits per heavy atom. The summed E-state index contributed by atoms with van der Waals surface area (Å²) >= 11 is 8.43. The van der Waals surface area contributed by atoms with E-state index in [1.54, 1.807) is 17.4 Å². The van der Waals surface area contributed by atoms with Gasteiger partial charge in [-0.05, 0) is 26.0 Å². The van der Waals surface area contributed by atoms with Gasteiger partial charge in [-0.15, -0.1) is 46.7 Å². The highest BCUT2D eigenvalue weighted by Crippen LogP contribution is 2.25. The van der Waals surface area contributed by atoms with Gasteiger partial charge in [0.2, 0.25) is 10.0 Å². The lowest BCUT2D eigenvalue weighted by Gasteiger charge is -2.21. The first-order valence-electron chi connectivity index (χ1n) is 7.97. The van der Waals surface area contributed by atoms with Crippen molar-refractivity contribution in [3.63, 3.8) is 0 Å². The summed E-state index contributed by atoms with van der Waals surface area (Å²) in [6.45, 7) is 5.84. The van der Waals surface area contributed by atoms with Crippen molar-refractivity contribution in [2.75, 3.05) is 26.7 Å². The highest BCUT2D eigenvalue weighted by molar-refractivity contribution is 14.0. The number of aliphatic imine (C=N–C) groups is 1. The summed E-state index contributed by atoms with van der Waals surface area (Å²) in [5.41, 5.74) is 0.982. The monoisotopic (exact) mass is 563 g/mol. The molecule has 0 fully saturated rings. The summed E-state index contributed by atoms with van der Waals surface area (Å²) in [4.78, 5) is 10.9. The van der Waals surface area contributed by atoms with Gasteiger partial charge in [-0.3, -0.25) is 4.99 Å². The Bertz CT molecular complexity index is 853. The van der Waals surface area contributed by atoms with Crippen LogP contribution in [0.3, 0.4) is 0 Å². The highest BCUT2D eigenvalue weighted by Gasteiger charge is 2.16. The molecule has 152 valence electrons. The number of hydrogen-bond acceptors (Lipinski definition) is 6. The second kappa shape index (κ2) is 11.5. The first kappa shape index (κ1) is 24.6. The molecule has 27 heavy (non-hydrogen) atoms. The summed E-state index contributed by atoms with van der Waals surface area (Å²) < 4.78 is 27.5. The van der Waals surface area contributed by atoms with Crippen LogP contribution in [0.15, 0.2) is 26.7 Å². The zero-order valence-electron chi connectivity index (χ0n) is 15.2. The van der Waals surface area contributed by atoms with Crippen molar-refractivity contribution < 1.29 is 8.42 Å². The average molecular weight is 564 g/mol. The molecule has 0 bridgehead atoms. The van der Waals surface area contributed by atoms with Crippen molar-refractivity contribution in [2.45, 2.75) is 24.6 Å². The predicted molar refractivity (Wildman–Crippen MR) is 124 cm³/mol. The van der Waals surface area contributed by atoms with Gasteiger partial charge >= 0.3 is 0 Å². The third kappa shape index (κ3) is 7.81. The molecule has 2 aromatic rings.